The first-order chi connectivity index (χ1) is 11.6. The minimum absolute atomic E-state index is 0.111. The van der Waals surface area contributed by atoms with Crippen LogP contribution in [0.1, 0.15) is 35.2 Å². The van der Waals surface area contributed by atoms with Crippen molar-refractivity contribution in [3.8, 4) is 0 Å². The van der Waals surface area contributed by atoms with Crippen LogP contribution in [0.3, 0.4) is 0 Å². The Morgan fingerprint density at radius 3 is 2.83 bits per heavy atom. The van der Waals surface area contributed by atoms with Crippen LogP contribution in [0.25, 0.3) is 0 Å². The van der Waals surface area contributed by atoms with Gasteiger partial charge in [0.25, 0.3) is 0 Å². The second-order valence-electron chi connectivity index (χ2n) is 6.19. The van der Waals surface area contributed by atoms with Crippen molar-refractivity contribution in [3.05, 3.63) is 45.9 Å². The van der Waals surface area contributed by atoms with Crippen molar-refractivity contribution >= 4 is 22.9 Å². The lowest BCUT2D eigenvalue weighted by molar-refractivity contribution is -0.127. The quantitative estimate of drug-likeness (QED) is 0.873. The Labute approximate surface area is 146 Å². The maximum atomic E-state index is 11.7. The molecular weight excluding hydrogens is 322 g/mol. The number of nitrogens with one attached hydrogen (secondary N) is 1. The number of amides is 1. The number of nitrogens with zero attached hydrogens (tertiary/aromatic N) is 2. The standard InChI is InChI=1S/C18H23N3O2S/c1-21(2)17(22)10-13-5-7-14(8-6-13)19-11-15-12-24-18(20-15)16-4-3-9-23-16/h5-8,12,16,19H,3-4,9-11H2,1-2H3. The van der Waals surface area contributed by atoms with Crippen molar-refractivity contribution in [3.63, 3.8) is 0 Å². The Balaban J connectivity index is 1.52. The van der Waals surface area contributed by atoms with Gasteiger partial charge in [-0.15, -0.1) is 11.3 Å². The van der Waals surface area contributed by atoms with Gasteiger partial charge in [0, 0.05) is 31.8 Å². The highest BCUT2D eigenvalue weighted by molar-refractivity contribution is 7.09. The minimum Gasteiger partial charge on any atom is -0.379 e. The third-order valence-corrected chi connectivity index (χ3v) is 5.04. The number of hydrogen-bond acceptors (Lipinski definition) is 5. The molecule has 2 heterocycles. The molecule has 0 aliphatic carbocycles. The lowest BCUT2D eigenvalue weighted by Crippen LogP contribution is -2.23. The largest absolute Gasteiger partial charge is 0.379 e. The first kappa shape index (κ1) is 16.9. The van der Waals surface area contributed by atoms with Gasteiger partial charge in [-0.2, -0.15) is 0 Å². The van der Waals surface area contributed by atoms with Crippen molar-refractivity contribution < 1.29 is 9.53 Å². The summed E-state index contributed by atoms with van der Waals surface area (Å²) in [5.41, 5.74) is 3.09. The normalized spacial score (nSPS) is 17.0. The van der Waals surface area contributed by atoms with Crippen LogP contribution in [0.4, 0.5) is 5.69 Å². The molecule has 0 radical (unpaired) electrons. The van der Waals surface area contributed by atoms with Crippen molar-refractivity contribution in [2.45, 2.75) is 31.9 Å². The third-order valence-electron chi connectivity index (χ3n) is 4.06. The van der Waals surface area contributed by atoms with Crippen LogP contribution < -0.4 is 5.32 Å². The molecule has 1 amide bonds. The molecule has 0 bridgehead atoms. The zero-order valence-corrected chi connectivity index (χ0v) is 14.9. The molecule has 1 aromatic carbocycles. The van der Waals surface area contributed by atoms with Crippen molar-refractivity contribution in [1.29, 1.82) is 0 Å². The second kappa shape index (κ2) is 7.77. The van der Waals surface area contributed by atoms with Gasteiger partial charge in [0.15, 0.2) is 0 Å². The molecule has 0 spiro atoms. The Hall–Kier alpha value is -1.92. The number of carbonyl (C=O) groups excluding carboxylic acids is 1. The number of carbonyl (C=O) groups is 1. The average molecular weight is 345 g/mol. The highest BCUT2D eigenvalue weighted by atomic mass is 32.1. The van der Waals surface area contributed by atoms with Gasteiger partial charge in [0.05, 0.1) is 18.7 Å². The fourth-order valence-corrected chi connectivity index (χ4v) is 3.49. The first-order valence-corrected chi connectivity index (χ1v) is 9.08. The molecule has 0 saturated carbocycles. The molecule has 128 valence electrons. The maximum Gasteiger partial charge on any atom is 0.226 e. The molecule has 1 fully saturated rings. The SMILES string of the molecule is CN(C)C(=O)Cc1ccc(NCc2csc(C3CCCO3)n2)cc1. The Kier molecular flexibility index (Phi) is 5.48. The van der Waals surface area contributed by atoms with Crippen LogP contribution in [0.5, 0.6) is 0 Å². The third kappa shape index (κ3) is 4.33. The molecule has 3 rings (SSSR count). The number of rotatable bonds is 6. The Morgan fingerprint density at radius 2 is 2.17 bits per heavy atom. The van der Waals surface area contributed by atoms with Crippen LogP contribution in [0.2, 0.25) is 0 Å². The van der Waals surface area contributed by atoms with E-state index in [0.717, 1.165) is 41.4 Å². The molecular formula is C18H23N3O2S. The smallest absolute Gasteiger partial charge is 0.226 e. The van der Waals surface area contributed by atoms with Crippen molar-refractivity contribution in [1.82, 2.24) is 9.88 Å². The summed E-state index contributed by atoms with van der Waals surface area (Å²) >= 11 is 1.68. The highest BCUT2D eigenvalue weighted by Gasteiger charge is 2.20. The molecule has 2 aromatic rings. The molecule has 1 N–H and O–H groups in total. The fourth-order valence-electron chi connectivity index (χ4n) is 2.59. The molecule has 24 heavy (non-hydrogen) atoms. The first-order valence-electron chi connectivity index (χ1n) is 8.20. The summed E-state index contributed by atoms with van der Waals surface area (Å²) < 4.78 is 5.67. The van der Waals surface area contributed by atoms with E-state index in [2.05, 4.69) is 15.7 Å². The van der Waals surface area contributed by atoms with Crippen LogP contribution >= 0.6 is 11.3 Å². The second-order valence-corrected chi connectivity index (χ2v) is 7.08. The highest BCUT2D eigenvalue weighted by Crippen LogP contribution is 2.30. The van der Waals surface area contributed by atoms with Gasteiger partial charge in [-0.3, -0.25) is 4.79 Å². The van der Waals surface area contributed by atoms with E-state index in [1.807, 2.05) is 24.3 Å². The molecule has 1 aromatic heterocycles. The summed E-state index contributed by atoms with van der Waals surface area (Å²) in [5, 5.41) is 6.55. The lowest BCUT2D eigenvalue weighted by Gasteiger charge is -2.10. The number of ether oxygens (including phenoxy) is 1. The van der Waals surface area contributed by atoms with Gasteiger partial charge in [-0.05, 0) is 30.5 Å². The number of thiazole rings is 1. The number of anilines is 1. The van der Waals surface area contributed by atoms with Crippen LogP contribution in [-0.2, 0) is 22.5 Å². The summed E-state index contributed by atoms with van der Waals surface area (Å²) in [4.78, 5) is 18.0. The lowest BCUT2D eigenvalue weighted by atomic mass is 10.1. The number of benzene rings is 1. The Bertz CT molecular complexity index is 676. The summed E-state index contributed by atoms with van der Waals surface area (Å²) in [6.07, 6.45) is 2.83. The van der Waals surface area contributed by atoms with Crippen molar-refractivity contribution in [2.75, 3.05) is 26.0 Å². The molecule has 1 aliphatic rings. The van der Waals surface area contributed by atoms with Crippen LogP contribution in [-0.4, -0.2) is 36.5 Å². The van der Waals surface area contributed by atoms with E-state index in [-0.39, 0.29) is 12.0 Å². The van der Waals surface area contributed by atoms with Gasteiger partial charge < -0.3 is 15.0 Å². The zero-order chi connectivity index (χ0) is 16.9. The van der Waals surface area contributed by atoms with E-state index in [0.29, 0.717) is 13.0 Å². The van der Waals surface area contributed by atoms with Crippen LogP contribution in [0, 0.1) is 0 Å². The van der Waals surface area contributed by atoms with E-state index in [4.69, 9.17) is 4.74 Å². The van der Waals surface area contributed by atoms with E-state index in [1.54, 1.807) is 30.3 Å². The summed E-state index contributed by atoms with van der Waals surface area (Å²) in [6, 6.07) is 7.99. The van der Waals surface area contributed by atoms with Gasteiger partial charge >= 0.3 is 0 Å². The molecule has 1 saturated heterocycles. The minimum atomic E-state index is 0.111. The van der Waals surface area contributed by atoms with Crippen LogP contribution in [0.15, 0.2) is 29.6 Å². The molecule has 6 heteroatoms. The summed E-state index contributed by atoms with van der Waals surface area (Å²) in [7, 11) is 3.55. The van der Waals surface area contributed by atoms with Gasteiger partial charge in [-0.25, -0.2) is 4.98 Å². The van der Waals surface area contributed by atoms with Gasteiger partial charge in [-0.1, -0.05) is 12.1 Å². The predicted octanol–water partition coefficient (Wildman–Crippen LogP) is 3.24. The number of aromatic nitrogens is 1. The number of hydrogen-bond donors (Lipinski definition) is 1. The number of likely N-dealkylation sites (N-methyl/N-ethyl adjacent to an activating group) is 1. The Morgan fingerprint density at radius 1 is 1.38 bits per heavy atom. The zero-order valence-electron chi connectivity index (χ0n) is 14.1. The van der Waals surface area contributed by atoms with E-state index < -0.39 is 0 Å². The topological polar surface area (TPSA) is 54.5 Å². The molecule has 1 aliphatic heterocycles. The van der Waals surface area contributed by atoms with E-state index in [9.17, 15) is 4.79 Å². The van der Waals surface area contributed by atoms with E-state index >= 15 is 0 Å². The maximum absolute atomic E-state index is 11.7. The monoisotopic (exact) mass is 345 g/mol. The molecule has 1 unspecified atom stereocenters. The summed E-state index contributed by atoms with van der Waals surface area (Å²) in [6.45, 7) is 1.54. The predicted molar refractivity (Wildman–Crippen MR) is 96.2 cm³/mol. The molecule has 1 atom stereocenters. The molecule has 5 nitrogen and oxygen atoms in total. The van der Waals surface area contributed by atoms with Gasteiger partial charge in [0.1, 0.15) is 11.1 Å². The van der Waals surface area contributed by atoms with E-state index in [1.165, 1.54) is 0 Å². The summed E-state index contributed by atoms with van der Waals surface area (Å²) in [5.74, 6) is 0.111. The average Bonchev–Trinajstić information content (AvgIpc) is 3.25. The fraction of sp³-hybridized carbons (Fsp3) is 0.444. The van der Waals surface area contributed by atoms with Gasteiger partial charge in [0.2, 0.25) is 5.91 Å². The van der Waals surface area contributed by atoms with Crippen molar-refractivity contribution in [2.24, 2.45) is 0 Å².